The molecular weight excluding hydrogens is 539 g/mol. The molecule has 0 saturated carbocycles. The lowest BCUT2D eigenvalue weighted by Gasteiger charge is -2.15. The van der Waals surface area contributed by atoms with Crippen molar-refractivity contribution in [3.05, 3.63) is 80.3 Å². The summed E-state index contributed by atoms with van der Waals surface area (Å²) in [6, 6.07) is 13.5. The fraction of sp³-hybridized carbons (Fsp3) is 0.259. The monoisotopic (exact) mass is 564 g/mol. The normalized spacial score (nSPS) is 10.9. The molecule has 0 aromatic heterocycles. The maximum Gasteiger partial charge on any atom is 0.271 e. The number of benzene rings is 3. The molecule has 10 heteroatoms. The number of halogens is 3. The average molecular weight is 566 g/mol. The van der Waals surface area contributed by atoms with Gasteiger partial charge >= 0.3 is 0 Å². The Morgan fingerprint density at radius 3 is 2.22 bits per heavy atom. The largest absolute Gasteiger partial charge is 0.490 e. The first kappa shape index (κ1) is 28.4. The number of ether oxygens (including phenoxy) is 4. The van der Waals surface area contributed by atoms with E-state index in [0.717, 1.165) is 5.56 Å². The zero-order chi connectivity index (χ0) is 26.8. The van der Waals surface area contributed by atoms with E-state index in [2.05, 4.69) is 10.5 Å². The Labute approximate surface area is 231 Å². The van der Waals surface area contributed by atoms with Gasteiger partial charge < -0.3 is 18.9 Å². The second kappa shape index (κ2) is 14.0. The van der Waals surface area contributed by atoms with Crippen molar-refractivity contribution in [1.82, 2.24) is 5.43 Å². The van der Waals surface area contributed by atoms with Gasteiger partial charge in [-0.1, -0.05) is 40.9 Å². The summed E-state index contributed by atoms with van der Waals surface area (Å²) >= 11 is 18.7. The molecule has 0 heterocycles. The Bertz CT molecular complexity index is 1270. The number of rotatable bonds is 12. The number of carbonyl (C=O) groups is 1. The molecular formula is C27H27Cl3N2O5. The molecule has 0 unspecified atom stereocenters. The minimum Gasteiger partial charge on any atom is -0.490 e. The van der Waals surface area contributed by atoms with Crippen molar-refractivity contribution >= 4 is 46.9 Å². The van der Waals surface area contributed by atoms with Crippen LogP contribution >= 0.6 is 34.8 Å². The number of hydrogen-bond acceptors (Lipinski definition) is 6. The minimum atomic E-state index is -0.406. The van der Waals surface area contributed by atoms with Gasteiger partial charge in [0.1, 0.15) is 6.61 Å². The van der Waals surface area contributed by atoms with Gasteiger partial charge in [0.2, 0.25) is 0 Å². The summed E-state index contributed by atoms with van der Waals surface area (Å²) in [4.78, 5) is 12.6. The molecule has 0 radical (unpaired) electrons. The van der Waals surface area contributed by atoms with E-state index in [1.54, 1.807) is 48.5 Å². The molecule has 0 aliphatic carbocycles. The van der Waals surface area contributed by atoms with Crippen molar-refractivity contribution in [2.24, 2.45) is 5.10 Å². The molecule has 0 bridgehead atoms. The van der Waals surface area contributed by atoms with Crippen LogP contribution in [0.5, 0.6) is 23.0 Å². The lowest BCUT2D eigenvalue weighted by molar-refractivity contribution is 0.0954. The first-order valence-corrected chi connectivity index (χ1v) is 12.8. The highest BCUT2D eigenvalue weighted by molar-refractivity contribution is 6.35. The smallest absolute Gasteiger partial charge is 0.271 e. The highest BCUT2D eigenvalue weighted by Crippen LogP contribution is 2.37. The Hall–Kier alpha value is -3.13. The third kappa shape index (κ3) is 7.92. The molecule has 1 N–H and O–H groups in total. The van der Waals surface area contributed by atoms with Crippen LogP contribution in [0.1, 0.15) is 42.3 Å². The molecule has 0 spiro atoms. The lowest BCUT2D eigenvalue weighted by Crippen LogP contribution is -2.17. The van der Waals surface area contributed by atoms with E-state index in [-0.39, 0.29) is 6.61 Å². The van der Waals surface area contributed by atoms with E-state index in [9.17, 15) is 4.79 Å². The van der Waals surface area contributed by atoms with E-state index in [1.165, 1.54) is 6.21 Å². The topological polar surface area (TPSA) is 78.4 Å². The minimum absolute atomic E-state index is 0.172. The van der Waals surface area contributed by atoms with Crippen molar-refractivity contribution in [2.75, 3.05) is 19.8 Å². The van der Waals surface area contributed by atoms with Crippen LogP contribution in [-0.2, 0) is 6.61 Å². The van der Waals surface area contributed by atoms with Gasteiger partial charge in [0.25, 0.3) is 5.91 Å². The molecule has 0 aliphatic heterocycles. The summed E-state index contributed by atoms with van der Waals surface area (Å²) in [6.45, 7) is 7.08. The maximum absolute atomic E-state index is 12.6. The standard InChI is InChI=1S/C27H27Cl3N2O5/c1-4-34-23-10-8-18(13-24(23)35-5-2)27(33)32-31-15-17-11-22(30)26(25(12-17)36-6-3)37-16-19-7-9-20(28)14-21(19)29/h7-15H,4-6,16H2,1-3H3,(H,32,33)/b31-15+. The van der Waals surface area contributed by atoms with Crippen molar-refractivity contribution in [1.29, 1.82) is 0 Å². The molecule has 3 aromatic carbocycles. The van der Waals surface area contributed by atoms with E-state index in [4.69, 9.17) is 53.8 Å². The molecule has 1 amide bonds. The number of nitrogens with zero attached hydrogens (tertiary/aromatic N) is 1. The zero-order valence-corrected chi connectivity index (χ0v) is 22.9. The predicted molar refractivity (Wildman–Crippen MR) is 147 cm³/mol. The summed E-state index contributed by atoms with van der Waals surface area (Å²) in [6.07, 6.45) is 1.46. The van der Waals surface area contributed by atoms with E-state index >= 15 is 0 Å². The Morgan fingerprint density at radius 2 is 1.51 bits per heavy atom. The SMILES string of the molecule is CCOc1ccc(C(=O)N/N=C/c2cc(Cl)c(OCc3ccc(Cl)cc3Cl)c(OCC)c2)cc1OCC. The quantitative estimate of drug-likeness (QED) is 0.186. The number of carbonyl (C=O) groups excluding carboxylic acids is 1. The second-order valence-electron chi connectivity index (χ2n) is 7.51. The number of nitrogens with one attached hydrogen (secondary N) is 1. The summed E-state index contributed by atoms with van der Waals surface area (Å²) in [5.41, 5.74) is 4.24. The molecule has 0 atom stereocenters. The molecule has 196 valence electrons. The maximum atomic E-state index is 12.6. The fourth-order valence-corrected chi connectivity index (χ4v) is 4.01. The molecule has 0 fully saturated rings. The Balaban J connectivity index is 1.73. The van der Waals surface area contributed by atoms with Gasteiger partial charge in [0.15, 0.2) is 23.0 Å². The molecule has 0 saturated heterocycles. The van der Waals surface area contributed by atoms with Gasteiger partial charge in [0, 0.05) is 21.2 Å². The predicted octanol–water partition coefficient (Wildman–Crippen LogP) is 7.19. The van der Waals surface area contributed by atoms with Crippen LogP contribution in [0.3, 0.4) is 0 Å². The first-order valence-electron chi connectivity index (χ1n) is 11.6. The Kier molecular flexibility index (Phi) is 10.7. The van der Waals surface area contributed by atoms with Gasteiger partial charge in [-0.3, -0.25) is 4.79 Å². The number of hydrogen-bond donors (Lipinski definition) is 1. The van der Waals surface area contributed by atoms with Crippen molar-refractivity contribution in [2.45, 2.75) is 27.4 Å². The van der Waals surface area contributed by atoms with Gasteiger partial charge in [-0.2, -0.15) is 5.10 Å². The van der Waals surface area contributed by atoms with Gasteiger partial charge in [-0.25, -0.2) is 5.43 Å². The molecule has 37 heavy (non-hydrogen) atoms. The third-order valence-electron chi connectivity index (χ3n) is 4.90. The number of hydrazone groups is 1. The average Bonchev–Trinajstić information content (AvgIpc) is 2.86. The summed E-state index contributed by atoms with van der Waals surface area (Å²) in [7, 11) is 0. The number of amides is 1. The summed E-state index contributed by atoms with van der Waals surface area (Å²) in [5.74, 6) is 1.46. The molecule has 3 aromatic rings. The van der Waals surface area contributed by atoms with Crippen LogP contribution in [0.2, 0.25) is 15.1 Å². The van der Waals surface area contributed by atoms with Crippen molar-refractivity contribution in [3.8, 4) is 23.0 Å². The second-order valence-corrected chi connectivity index (χ2v) is 8.76. The van der Waals surface area contributed by atoms with Crippen LogP contribution in [0.4, 0.5) is 0 Å². The fourth-order valence-electron chi connectivity index (χ4n) is 3.28. The van der Waals surface area contributed by atoms with Gasteiger partial charge in [-0.05, 0) is 68.8 Å². The third-order valence-corrected chi connectivity index (χ3v) is 5.77. The van der Waals surface area contributed by atoms with Gasteiger partial charge in [0.05, 0.1) is 31.1 Å². The van der Waals surface area contributed by atoms with Crippen LogP contribution in [0.15, 0.2) is 53.6 Å². The van der Waals surface area contributed by atoms with E-state index in [1.807, 2.05) is 20.8 Å². The molecule has 0 aliphatic rings. The summed E-state index contributed by atoms with van der Waals surface area (Å²) in [5, 5.41) is 5.40. The van der Waals surface area contributed by atoms with E-state index in [0.29, 0.717) is 69.0 Å². The van der Waals surface area contributed by atoms with Gasteiger partial charge in [-0.15, -0.1) is 0 Å². The van der Waals surface area contributed by atoms with Crippen LogP contribution in [-0.4, -0.2) is 31.9 Å². The van der Waals surface area contributed by atoms with Crippen LogP contribution in [0.25, 0.3) is 0 Å². The van der Waals surface area contributed by atoms with Crippen molar-refractivity contribution < 1.29 is 23.7 Å². The lowest BCUT2D eigenvalue weighted by atomic mass is 10.2. The molecule has 7 nitrogen and oxygen atoms in total. The molecule has 3 rings (SSSR count). The Morgan fingerprint density at radius 1 is 0.811 bits per heavy atom. The zero-order valence-electron chi connectivity index (χ0n) is 20.6. The van der Waals surface area contributed by atoms with Crippen LogP contribution in [0, 0.1) is 0 Å². The van der Waals surface area contributed by atoms with E-state index < -0.39 is 5.91 Å². The summed E-state index contributed by atoms with van der Waals surface area (Å²) < 4.78 is 22.8. The first-order chi connectivity index (χ1) is 17.9. The van der Waals surface area contributed by atoms with Crippen molar-refractivity contribution in [3.63, 3.8) is 0 Å². The van der Waals surface area contributed by atoms with Crippen LogP contribution < -0.4 is 24.4 Å². The highest BCUT2D eigenvalue weighted by Gasteiger charge is 2.14. The highest BCUT2D eigenvalue weighted by atomic mass is 35.5.